The fraction of sp³-hybridized carbons (Fsp3) is 0.537. The highest BCUT2D eigenvalue weighted by molar-refractivity contribution is 5.99. The number of rotatable bonds is 33. The molecule has 3 rings (SSSR count). The third-order valence-electron chi connectivity index (χ3n) is 13.4. The number of phenolic OH excluding ortho intramolecular Hbond substituents is 2. The SMILES string of the molecule is CC(C)[C@H](NC(=O)[C@H](CC(N)=O)NC(=O)[C@@H](NC(=O)[C@@H]1CCCN1C(=O)[C@@H](NC(=O)[C@@H](N)Cc1ccc(O)cc1)C(C)C)[C@@H](C)O)C(=O)NCC(=O)N[C@@H](CO)C(=O)N[C@@H](CCC(=O)O)C(=O)N[C@@H](C)C(=O)N[C@@H](Cc1ccc(O)cc1)C(=O)O. The number of hydrogen-bond donors (Lipinski definition) is 17. The first-order valence-corrected chi connectivity index (χ1v) is 27.2. The topological polar surface area (TPSA) is 507 Å². The Balaban J connectivity index is 1.64. The van der Waals surface area contributed by atoms with Gasteiger partial charge in [0.1, 0.15) is 65.9 Å². The Morgan fingerprint density at radius 2 is 1.11 bits per heavy atom. The second kappa shape index (κ2) is 33.4. The summed E-state index contributed by atoms with van der Waals surface area (Å²) in [5.74, 6) is -15.2. The number of nitrogens with one attached hydrogen (secondary N) is 9. The lowest BCUT2D eigenvalue weighted by atomic mass is 10.00. The molecule has 1 aliphatic rings. The van der Waals surface area contributed by atoms with Crippen molar-refractivity contribution in [1.82, 2.24) is 52.8 Å². The molecule has 2 aromatic carbocycles. The maximum atomic E-state index is 14.0. The third kappa shape index (κ3) is 22.6. The smallest absolute Gasteiger partial charge is 0.326 e. The van der Waals surface area contributed by atoms with Gasteiger partial charge in [0.05, 0.1) is 31.7 Å². The van der Waals surface area contributed by atoms with Gasteiger partial charge in [-0.1, -0.05) is 52.0 Å². The number of nitrogens with zero attached hydrogens (tertiary/aromatic N) is 1. The van der Waals surface area contributed by atoms with Crippen molar-refractivity contribution in [2.24, 2.45) is 23.3 Å². The summed E-state index contributed by atoms with van der Waals surface area (Å²) in [4.78, 5) is 172. The van der Waals surface area contributed by atoms with Gasteiger partial charge in [-0.2, -0.15) is 0 Å². The largest absolute Gasteiger partial charge is 0.508 e. The Morgan fingerprint density at radius 3 is 1.62 bits per heavy atom. The summed E-state index contributed by atoms with van der Waals surface area (Å²) in [6.45, 7) is 6.65. The molecule has 31 nitrogen and oxygen atoms in total. The molecule has 0 saturated carbocycles. The second-order valence-electron chi connectivity index (χ2n) is 21.1. The van der Waals surface area contributed by atoms with Crippen LogP contribution >= 0.6 is 0 Å². The number of phenols is 2. The number of carbonyl (C=O) groups is 13. The van der Waals surface area contributed by atoms with Gasteiger partial charge in [0.15, 0.2) is 0 Å². The van der Waals surface area contributed by atoms with Crippen molar-refractivity contribution >= 4 is 76.9 Å². The lowest BCUT2D eigenvalue weighted by Gasteiger charge is -2.32. The molecule has 0 aromatic heterocycles. The first-order chi connectivity index (χ1) is 39.8. The number of carbonyl (C=O) groups excluding carboxylic acids is 11. The fourth-order valence-corrected chi connectivity index (χ4v) is 8.62. The quantitative estimate of drug-likeness (QED) is 0.0317. The van der Waals surface area contributed by atoms with Crippen LogP contribution in [0.2, 0.25) is 0 Å². The molecule has 0 spiro atoms. The molecule has 11 amide bonds. The standard InChI is InChI=1S/C54H78N12O19/c1-25(2)42(51(81)57-23-40(72)59-37(24-67)49(79)60-34(17-18-41(73)74)47(77)58-27(5)45(75)62-36(54(84)85)21-30-11-15-32(70)16-12-30)63-48(78)35(22-39(56)71)61-52(82)44(28(6)68)65-50(80)38-8-7-19-66(38)53(83)43(26(3)4)64-46(76)33(55)20-29-9-13-31(69)14-10-29/h9-16,25-28,33-38,42-44,67-70H,7-8,17-24,55H2,1-6H3,(H2,56,71)(H,57,81)(H,58,77)(H,59,72)(H,60,79)(H,61,82)(H,62,75)(H,63,78)(H,64,76)(H,65,80)(H,73,74)(H,84,85)/t27-,28+,33-,34-,35-,36-,37-,38-,42-,43-,44-/m0/s1. The van der Waals surface area contributed by atoms with E-state index in [2.05, 4.69) is 47.9 Å². The number of primary amides is 1. The summed E-state index contributed by atoms with van der Waals surface area (Å²) < 4.78 is 0. The number of aliphatic hydroxyl groups excluding tert-OH is 2. The van der Waals surface area contributed by atoms with Crippen LogP contribution in [0.1, 0.15) is 84.8 Å². The molecule has 0 aliphatic carbocycles. The highest BCUT2D eigenvalue weighted by atomic mass is 16.4. The average Bonchev–Trinajstić information content (AvgIpc) is 4.20. The predicted molar refractivity (Wildman–Crippen MR) is 297 cm³/mol. The molecule has 85 heavy (non-hydrogen) atoms. The molecule has 2 aromatic rings. The number of hydrogen-bond acceptors (Lipinski definition) is 18. The summed E-state index contributed by atoms with van der Waals surface area (Å²) >= 11 is 0. The van der Waals surface area contributed by atoms with E-state index in [9.17, 15) is 93.0 Å². The zero-order valence-corrected chi connectivity index (χ0v) is 47.8. The highest BCUT2D eigenvalue weighted by Crippen LogP contribution is 2.22. The number of aliphatic hydroxyl groups is 2. The van der Waals surface area contributed by atoms with Crippen LogP contribution in [0.15, 0.2) is 48.5 Å². The van der Waals surface area contributed by atoms with Gasteiger partial charge in [-0.05, 0) is 86.8 Å². The van der Waals surface area contributed by atoms with E-state index >= 15 is 0 Å². The molecular weight excluding hydrogens is 1120 g/mol. The average molecular weight is 1200 g/mol. The fourth-order valence-electron chi connectivity index (χ4n) is 8.62. The van der Waals surface area contributed by atoms with Crippen molar-refractivity contribution in [2.45, 2.75) is 153 Å². The van der Waals surface area contributed by atoms with Crippen LogP contribution in [0.5, 0.6) is 11.5 Å². The molecule has 1 saturated heterocycles. The minimum Gasteiger partial charge on any atom is -0.508 e. The molecule has 0 radical (unpaired) electrons. The number of carboxylic acids is 2. The first kappa shape index (κ1) is 70.3. The van der Waals surface area contributed by atoms with Crippen molar-refractivity contribution in [3.63, 3.8) is 0 Å². The highest BCUT2D eigenvalue weighted by Gasteiger charge is 2.42. The summed E-state index contributed by atoms with van der Waals surface area (Å²) in [6.07, 6.45) is -3.47. The zero-order valence-electron chi connectivity index (χ0n) is 47.8. The monoisotopic (exact) mass is 1200 g/mol. The van der Waals surface area contributed by atoms with Crippen LogP contribution in [0.4, 0.5) is 0 Å². The van der Waals surface area contributed by atoms with Crippen molar-refractivity contribution in [2.75, 3.05) is 19.7 Å². The zero-order chi connectivity index (χ0) is 64.0. The summed E-state index contributed by atoms with van der Waals surface area (Å²) in [7, 11) is 0. The molecule has 19 N–H and O–H groups in total. The van der Waals surface area contributed by atoms with E-state index in [0.717, 1.165) is 6.92 Å². The van der Waals surface area contributed by atoms with Crippen molar-refractivity contribution in [3.05, 3.63) is 59.7 Å². The lowest BCUT2D eigenvalue weighted by Crippen LogP contribution is -2.62. The van der Waals surface area contributed by atoms with E-state index in [1.807, 2.05) is 0 Å². The van der Waals surface area contributed by atoms with E-state index in [1.54, 1.807) is 26.0 Å². The third-order valence-corrected chi connectivity index (χ3v) is 13.4. The van der Waals surface area contributed by atoms with Crippen LogP contribution < -0.4 is 59.3 Å². The second-order valence-corrected chi connectivity index (χ2v) is 21.1. The van der Waals surface area contributed by atoms with Crippen LogP contribution in [-0.2, 0) is 75.2 Å². The summed E-state index contributed by atoms with van der Waals surface area (Å²) in [5.41, 5.74) is 12.6. The van der Waals surface area contributed by atoms with E-state index in [0.29, 0.717) is 17.5 Å². The maximum absolute atomic E-state index is 14.0. The molecular formula is C54H78N12O19. The van der Waals surface area contributed by atoms with E-state index in [1.165, 1.54) is 62.1 Å². The van der Waals surface area contributed by atoms with E-state index in [4.69, 9.17) is 11.5 Å². The van der Waals surface area contributed by atoms with E-state index < -0.39 is 188 Å². The Morgan fingerprint density at radius 1 is 0.588 bits per heavy atom. The minimum atomic E-state index is -1.83. The Kier molecular flexibility index (Phi) is 27.6. The number of amides is 11. The van der Waals surface area contributed by atoms with Gasteiger partial charge in [-0.15, -0.1) is 0 Å². The van der Waals surface area contributed by atoms with Crippen molar-refractivity contribution < 1.29 is 93.0 Å². The first-order valence-electron chi connectivity index (χ1n) is 27.2. The number of likely N-dealkylation sites (tertiary alicyclic amines) is 1. The molecule has 0 bridgehead atoms. The van der Waals surface area contributed by atoms with Gasteiger partial charge >= 0.3 is 11.9 Å². The van der Waals surface area contributed by atoms with Gasteiger partial charge < -0.3 is 94.9 Å². The molecule has 0 unspecified atom stereocenters. The normalized spacial score (nSPS) is 16.5. The van der Waals surface area contributed by atoms with Crippen molar-refractivity contribution in [1.29, 1.82) is 0 Å². The van der Waals surface area contributed by atoms with Crippen LogP contribution in [0.3, 0.4) is 0 Å². The summed E-state index contributed by atoms with van der Waals surface area (Å²) in [5, 5.41) is 79.6. The van der Waals surface area contributed by atoms with Crippen LogP contribution in [-0.4, -0.2) is 199 Å². The van der Waals surface area contributed by atoms with Gasteiger partial charge in [-0.3, -0.25) is 57.5 Å². The van der Waals surface area contributed by atoms with Gasteiger partial charge in [0.2, 0.25) is 65.0 Å². The van der Waals surface area contributed by atoms with Gasteiger partial charge in [0, 0.05) is 19.4 Å². The Labute approximate surface area is 488 Å². The van der Waals surface area contributed by atoms with Crippen LogP contribution in [0, 0.1) is 11.8 Å². The van der Waals surface area contributed by atoms with E-state index in [-0.39, 0.29) is 37.3 Å². The molecule has 31 heteroatoms. The van der Waals surface area contributed by atoms with Gasteiger partial charge in [-0.25, -0.2) is 4.79 Å². The van der Waals surface area contributed by atoms with Crippen molar-refractivity contribution in [3.8, 4) is 11.5 Å². The molecule has 11 atom stereocenters. The molecule has 1 aliphatic heterocycles. The Bertz CT molecular complexity index is 2730. The molecule has 1 fully saturated rings. The maximum Gasteiger partial charge on any atom is 0.326 e. The number of aliphatic carboxylic acids is 2. The lowest BCUT2D eigenvalue weighted by molar-refractivity contribution is -0.143. The summed E-state index contributed by atoms with van der Waals surface area (Å²) in [6, 6.07) is -3.53. The molecule has 468 valence electrons. The number of carboxylic acid groups (broad SMARTS) is 2. The minimum absolute atomic E-state index is 0.0172. The predicted octanol–water partition coefficient (Wildman–Crippen LogP) is -5.27. The number of benzene rings is 2. The molecule has 1 heterocycles. The van der Waals surface area contributed by atoms with Crippen LogP contribution in [0.25, 0.3) is 0 Å². The van der Waals surface area contributed by atoms with Gasteiger partial charge in [0.25, 0.3) is 0 Å². The number of aromatic hydroxyl groups is 2. The Hall–Kier alpha value is -8.97. The number of nitrogens with two attached hydrogens (primary N) is 2.